The minimum Gasteiger partial charge on any atom is -0.353 e. The van der Waals surface area contributed by atoms with Crippen LogP contribution < -0.4 is 10.2 Å². The van der Waals surface area contributed by atoms with E-state index >= 15 is 0 Å². The van der Waals surface area contributed by atoms with Crippen molar-refractivity contribution < 1.29 is 4.79 Å². The number of hydrogen-bond donors (Lipinski definition) is 1. The molecule has 2 aromatic heterocycles. The summed E-state index contributed by atoms with van der Waals surface area (Å²) >= 11 is 0. The largest absolute Gasteiger partial charge is 0.353 e. The van der Waals surface area contributed by atoms with Crippen molar-refractivity contribution in [2.75, 3.05) is 36.4 Å². The zero-order chi connectivity index (χ0) is 21.6. The average Bonchev–Trinajstić information content (AvgIpc) is 2.79. The number of carbonyl (C=O) groups is 1. The molecule has 0 radical (unpaired) electrons. The second kappa shape index (κ2) is 9.55. The van der Waals surface area contributed by atoms with Crippen molar-refractivity contribution >= 4 is 17.7 Å². The highest BCUT2D eigenvalue weighted by Crippen LogP contribution is 2.16. The summed E-state index contributed by atoms with van der Waals surface area (Å²) in [6.07, 6.45) is 2.38. The minimum absolute atomic E-state index is 0.0762. The van der Waals surface area contributed by atoms with Gasteiger partial charge in [-0.3, -0.25) is 4.79 Å². The first-order chi connectivity index (χ1) is 15.1. The van der Waals surface area contributed by atoms with E-state index in [0.29, 0.717) is 25.5 Å². The third-order valence-corrected chi connectivity index (χ3v) is 5.43. The number of nitrogens with zero attached hydrogens (tertiary/aromatic N) is 5. The second-order valence-corrected chi connectivity index (χ2v) is 7.86. The van der Waals surface area contributed by atoms with Crippen LogP contribution >= 0.6 is 0 Å². The first-order valence-electron chi connectivity index (χ1n) is 10.7. The normalized spacial score (nSPS) is 14.9. The van der Waals surface area contributed by atoms with Crippen LogP contribution in [0, 0.1) is 13.8 Å². The van der Waals surface area contributed by atoms with E-state index in [1.165, 1.54) is 0 Å². The Morgan fingerprint density at radius 1 is 0.968 bits per heavy atom. The molecule has 1 fully saturated rings. The van der Waals surface area contributed by atoms with E-state index in [-0.39, 0.29) is 5.91 Å². The van der Waals surface area contributed by atoms with Crippen molar-refractivity contribution in [3.63, 3.8) is 0 Å². The Morgan fingerprint density at radius 2 is 1.65 bits per heavy atom. The zero-order valence-corrected chi connectivity index (χ0v) is 18.0. The van der Waals surface area contributed by atoms with Crippen molar-refractivity contribution in [3.05, 3.63) is 77.7 Å². The van der Waals surface area contributed by atoms with Gasteiger partial charge < -0.3 is 15.1 Å². The van der Waals surface area contributed by atoms with E-state index in [1.54, 1.807) is 6.20 Å². The summed E-state index contributed by atoms with van der Waals surface area (Å²) in [4.78, 5) is 31.0. The van der Waals surface area contributed by atoms with Crippen molar-refractivity contribution in [1.29, 1.82) is 0 Å². The molecule has 4 rings (SSSR count). The molecule has 1 aromatic carbocycles. The molecular weight excluding hydrogens is 388 g/mol. The molecule has 160 valence electrons. The fraction of sp³-hybridized carbons (Fsp3) is 0.333. The second-order valence-electron chi connectivity index (χ2n) is 7.86. The Hall–Kier alpha value is -3.48. The van der Waals surface area contributed by atoms with Crippen molar-refractivity contribution in [2.45, 2.75) is 26.3 Å². The number of aryl methyl sites for hydroxylation is 2. The molecule has 7 nitrogen and oxygen atoms in total. The molecule has 1 N–H and O–H groups in total. The van der Waals surface area contributed by atoms with Crippen LogP contribution in [0.3, 0.4) is 0 Å². The van der Waals surface area contributed by atoms with Crippen molar-refractivity contribution in [3.8, 4) is 0 Å². The third kappa shape index (κ3) is 5.36. The van der Waals surface area contributed by atoms with Gasteiger partial charge in [0, 0.05) is 50.2 Å². The van der Waals surface area contributed by atoms with Gasteiger partial charge in [0.2, 0.25) is 11.9 Å². The standard InChI is InChI=1S/C24H28N6O/c1-18-16-19(2)27-24(26-18)28-21(17-20-8-4-3-5-9-20)23(31)30-14-12-29(13-15-30)22-10-6-7-11-25-22/h3-11,16,21H,12-15,17H2,1-2H3,(H,26,27,28)/t21-/m0/s1. The van der Waals surface area contributed by atoms with Gasteiger partial charge in [-0.2, -0.15) is 0 Å². The van der Waals surface area contributed by atoms with E-state index in [1.807, 2.05) is 73.3 Å². The maximum absolute atomic E-state index is 13.5. The monoisotopic (exact) mass is 416 g/mol. The molecule has 0 saturated carbocycles. The number of hydrogen-bond acceptors (Lipinski definition) is 6. The molecule has 1 amide bonds. The predicted octanol–water partition coefficient (Wildman–Crippen LogP) is 2.86. The number of amides is 1. The van der Waals surface area contributed by atoms with E-state index in [9.17, 15) is 4.79 Å². The van der Waals surface area contributed by atoms with Crippen LogP contribution in [-0.4, -0.2) is 58.0 Å². The molecule has 0 aliphatic carbocycles. The van der Waals surface area contributed by atoms with E-state index in [0.717, 1.165) is 35.9 Å². The Balaban J connectivity index is 1.48. The van der Waals surface area contributed by atoms with Crippen LogP contribution in [-0.2, 0) is 11.2 Å². The number of nitrogens with one attached hydrogen (secondary N) is 1. The Kier molecular flexibility index (Phi) is 6.40. The summed E-state index contributed by atoms with van der Waals surface area (Å²) in [7, 11) is 0. The van der Waals surface area contributed by atoms with Crippen LogP contribution in [0.15, 0.2) is 60.8 Å². The molecule has 3 aromatic rings. The summed E-state index contributed by atoms with van der Waals surface area (Å²) in [5, 5.41) is 3.31. The highest BCUT2D eigenvalue weighted by atomic mass is 16.2. The van der Waals surface area contributed by atoms with Crippen LogP contribution in [0.4, 0.5) is 11.8 Å². The highest BCUT2D eigenvalue weighted by molar-refractivity contribution is 5.85. The molecule has 0 bridgehead atoms. The Morgan fingerprint density at radius 3 is 2.29 bits per heavy atom. The Bertz CT molecular complexity index is 983. The fourth-order valence-corrected chi connectivity index (χ4v) is 3.91. The maximum Gasteiger partial charge on any atom is 0.245 e. The first-order valence-corrected chi connectivity index (χ1v) is 10.7. The van der Waals surface area contributed by atoms with Crippen LogP contribution in [0.2, 0.25) is 0 Å². The number of aromatic nitrogens is 3. The van der Waals surface area contributed by atoms with Gasteiger partial charge in [0.1, 0.15) is 11.9 Å². The lowest BCUT2D eigenvalue weighted by Gasteiger charge is -2.37. The fourth-order valence-electron chi connectivity index (χ4n) is 3.91. The lowest BCUT2D eigenvalue weighted by atomic mass is 10.0. The predicted molar refractivity (Wildman–Crippen MR) is 122 cm³/mol. The van der Waals surface area contributed by atoms with Crippen molar-refractivity contribution in [2.24, 2.45) is 0 Å². The summed E-state index contributed by atoms with van der Waals surface area (Å²) in [6, 6.07) is 17.5. The highest BCUT2D eigenvalue weighted by Gasteiger charge is 2.28. The van der Waals surface area contributed by atoms with Gasteiger partial charge in [-0.25, -0.2) is 15.0 Å². The SMILES string of the molecule is Cc1cc(C)nc(N[C@@H](Cc2ccccc2)C(=O)N2CCN(c3ccccn3)CC2)n1. The third-order valence-electron chi connectivity index (χ3n) is 5.43. The number of anilines is 2. The smallest absolute Gasteiger partial charge is 0.245 e. The van der Waals surface area contributed by atoms with Gasteiger partial charge in [0.25, 0.3) is 0 Å². The lowest BCUT2D eigenvalue weighted by molar-refractivity contribution is -0.132. The maximum atomic E-state index is 13.5. The van der Waals surface area contributed by atoms with Gasteiger partial charge in [-0.05, 0) is 37.6 Å². The van der Waals surface area contributed by atoms with Crippen LogP contribution in [0.5, 0.6) is 0 Å². The van der Waals surface area contributed by atoms with Gasteiger partial charge in [-0.15, -0.1) is 0 Å². The summed E-state index contributed by atoms with van der Waals surface area (Å²) < 4.78 is 0. The van der Waals surface area contributed by atoms with Gasteiger partial charge in [0.05, 0.1) is 0 Å². The number of rotatable bonds is 6. The first kappa shape index (κ1) is 20.8. The lowest BCUT2D eigenvalue weighted by Crippen LogP contribution is -2.53. The number of benzene rings is 1. The topological polar surface area (TPSA) is 74.2 Å². The van der Waals surface area contributed by atoms with E-state index in [4.69, 9.17) is 0 Å². The molecule has 0 spiro atoms. The Labute approximate surface area is 183 Å². The number of piperazine rings is 1. The van der Waals surface area contributed by atoms with Gasteiger partial charge >= 0.3 is 0 Å². The number of carbonyl (C=O) groups excluding carboxylic acids is 1. The van der Waals surface area contributed by atoms with E-state index < -0.39 is 6.04 Å². The molecule has 3 heterocycles. The molecule has 31 heavy (non-hydrogen) atoms. The zero-order valence-electron chi connectivity index (χ0n) is 18.0. The van der Waals surface area contributed by atoms with Crippen molar-refractivity contribution in [1.82, 2.24) is 19.9 Å². The van der Waals surface area contributed by atoms with Gasteiger partial charge in [-0.1, -0.05) is 36.4 Å². The van der Waals surface area contributed by atoms with Crippen LogP contribution in [0.1, 0.15) is 17.0 Å². The molecule has 1 atom stereocenters. The molecule has 1 aliphatic heterocycles. The average molecular weight is 417 g/mol. The van der Waals surface area contributed by atoms with E-state index in [2.05, 4.69) is 25.2 Å². The molecule has 1 saturated heterocycles. The quantitative estimate of drug-likeness (QED) is 0.666. The minimum atomic E-state index is -0.426. The molecular formula is C24H28N6O. The summed E-state index contributed by atoms with van der Waals surface area (Å²) in [6.45, 7) is 6.73. The van der Waals surface area contributed by atoms with Crippen LogP contribution in [0.25, 0.3) is 0 Å². The molecule has 7 heteroatoms. The molecule has 0 unspecified atom stereocenters. The molecule has 1 aliphatic rings. The van der Waals surface area contributed by atoms with Gasteiger partial charge in [0.15, 0.2) is 0 Å². The summed E-state index contributed by atoms with van der Waals surface area (Å²) in [5.74, 6) is 1.53. The number of pyridine rings is 1. The summed E-state index contributed by atoms with van der Waals surface area (Å²) in [5.41, 5.74) is 2.86.